The Morgan fingerprint density at radius 2 is 2.25 bits per heavy atom. The Morgan fingerprint density at radius 3 is 3.00 bits per heavy atom. The summed E-state index contributed by atoms with van der Waals surface area (Å²) in [6, 6.07) is 4.37. The van der Waals surface area contributed by atoms with E-state index in [-0.39, 0.29) is 18.0 Å². The first-order chi connectivity index (χ1) is 9.69. The van der Waals surface area contributed by atoms with Gasteiger partial charge in [-0.3, -0.25) is 0 Å². The van der Waals surface area contributed by atoms with Gasteiger partial charge in [0.15, 0.2) is 5.82 Å². The first kappa shape index (κ1) is 13.0. The molecule has 2 unspecified atom stereocenters. The summed E-state index contributed by atoms with van der Waals surface area (Å²) in [5.74, 6) is 0.147. The highest BCUT2D eigenvalue weighted by Gasteiger charge is 2.29. The molecule has 0 spiro atoms. The van der Waals surface area contributed by atoms with Gasteiger partial charge in [0, 0.05) is 18.4 Å². The van der Waals surface area contributed by atoms with Crippen LogP contribution in [0.25, 0.3) is 11.4 Å². The predicted molar refractivity (Wildman–Crippen MR) is 71.3 cm³/mol. The van der Waals surface area contributed by atoms with Crippen molar-refractivity contribution in [3.05, 3.63) is 24.0 Å². The lowest BCUT2D eigenvalue weighted by molar-refractivity contribution is 0.105. The number of nitrogens with two attached hydrogens (primary N) is 1. The molecule has 3 rings (SSSR count). The molecule has 2 atom stereocenters. The molecule has 1 aliphatic rings. The summed E-state index contributed by atoms with van der Waals surface area (Å²) in [7, 11) is 1.71. The summed E-state index contributed by atoms with van der Waals surface area (Å²) in [5.41, 5.74) is 6.89. The van der Waals surface area contributed by atoms with Crippen LogP contribution in [-0.2, 0) is 4.74 Å². The van der Waals surface area contributed by atoms with Gasteiger partial charge in [-0.1, -0.05) is 0 Å². The van der Waals surface area contributed by atoms with E-state index in [0.29, 0.717) is 17.1 Å². The number of methoxy groups -OCH3 is 1. The summed E-state index contributed by atoms with van der Waals surface area (Å²) in [5, 5.41) is 11.7. The maximum absolute atomic E-state index is 13.4. The van der Waals surface area contributed by atoms with Gasteiger partial charge < -0.3 is 10.5 Å². The van der Waals surface area contributed by atoms with Crippen molar-refractivity contribution in [3.8, 4) is 11.4 Å². The number of aromatic nitrogens is 4. The fourth-order valence-electron chi connectivity index (χ4n) is 2.69. The summed E-state index contributed by atoms with van der Waals surface area (Å²) >= 11 is 0. The van der Waals surface area contributed by atoms with Crippen molar-refractivity contribution < 1.29 is 9.13 Å². The second kappa shape index (κ2) is 5.16. The number of rotatable bonds is 3. The average molecular weight is 277 g/mol. The summed E-state index contributed by atoms with van der Waals surface area (Å²) in [4.78, 5) is 0. The molecule has 2 N–H and O–H groups in total. The normalized spacial score (nSPS) is 22.3. The second-order valence-corrected chi connectivity index (χ2v) is 5.00. The summed E-state index contributed by atoms with van der Waals surface area (Å²) < 4.78 is 20.5. The minimum atomic E-state index is -0.357. The SMILES string of the molecule is COC1CCC(n2nnnc2-c2cc(F)ccc2N)C1. The molecule has 0 bridgehead atoms. The van der Waals surface area contributed by atoms with Crippen LogP contribution in [0.5, 0.6) is 0 Å². The lowest BCUT2D eigenvalue weighted by atomic mass is 10.1. The predicted octanol–water partition coefficient (Wildman–Crippen LogP) is 1.80. The number of hydrogen-bond acceptors (Lipinski definition) is 5. The van der Waals surface area contributed by atoms with E-state index in [1.54, 1.807) is 11.8 Å². The van der Waals surface area contributed by atoms with Gasteiger partial charge in [0.2, 0.25) is 0 Å². The van der Waals surface area contributed by atoms with Crippen LogP contribution in [0.2, 0.25) is 0 Å². The van der Waals surface area contributed by atoms with Gasteiger partial charge in [-0.05, 0) is 47.9 Å². The van der Waals surface area contributed by atoms with E-state index < -0.39 is 0 Å². The lowest BCUT2D eigenvalue weighted by Gasteiger charge is -2.13. The highest BCUT2D eigenvalue weighted by Crippen LogP contribution is 2.34. The van der Waals surface area contributed by atoms with Crippen molar-refractivity contribution in [2.24, 2.45) is 0 Å². The molecule has 1 fully saturated rings. The molecule has 0 saturated heterocycles. The van der Waals surface area contributed by atoms with Gasteiger partial charge in [0.25, 0.3) is 0 Å². The van der Waals surface area contributed by atoms with Gasteiger partial charge >= 0.3 is 0 Å². The Hall–Kier alpha value is -2.02. The zero-order valence-electron chi connectivity index (χ0n) is 11.2. The van der Waals surface area contributed by atoms with Crippen molar-refractivity contribution >= 4 is 5.69 Å². The van der Waals surface area contributed by atoms with E-state index in [0.717, 1.165) is 19.3 Å². The number of halogens is 1. The van der Waals surface area contributed by atoms with Crippen molar-refractivity contribution in [1.82, 2.24) is 20.2 Å². The van der Waals surface area contributed by atoms with E-state index in [1.165, 1.54) is 18.2 Å². The van der Waals surface area contributed by atoms with Crippen LogP contribution in [0.4, 0.5) is 10.1 Å². The molecule has 20 heavy (non-hydrogen) atoms. The molecule has 1 heterocycles. The molecule has 0 aliphatic heterocycles. The number of ether oxygens (including phenoxy) is 1. The maximum atomic E-state index is 13.4. The number of benzene rings is 1. The van der Waals surface area contributed by atoms with Crippen LogP contribution >= 0.6 is 0 Å². The maximum Gasteiger partial charge on any atom is 0.184 e. The Kier molecular flexibility index (Phi) is 3.35. The van der Waals surface area contributed by atoms with Crippen LogP contribution in [0, 0.1) is 5.82 Å². The van der Waals surface area contributed by atoms with Crippen LogP contribution in [0.3, 0.4) is 0 Å². The standard InChI is InChI=1S/C13H16FN5O/c1-20-10-4-3-9(7-10)19-13(16-17-18-19)11-6-8(14)2-5-12(11)15/h2,5-6,9-10H,3-4,7,15H2,1H3. The van der Waals surface area contributed by atoms with Crippen LogP contribution in [-0.4, -0.2) is 33.4 Å². The Balaban J connectivity index is 1.96. The Morgan fingerprint density at radius 1 is 1.40 bits per heavy atom. The largest absolute Gasteiger partial charge is 0.398 e. The Labute approximate surface area is 115 Å². The highest BCUT2D eigenvalue weighted by molar-refractivity contribution is 5.71. The fourth-order valence-corrected chi connectivity index (χ4v) is 2.69. The smallest absolute Gasteiger partial charge is 0.184 e. The molecule has 1 aliphatic carbocycles. The third-order valence-electron chi connectivity index (χ3n) is 3.79. The van der Waals surface area contributed by atoms with E-state index in [9.17, 15) is 4.39 Å². The second-order valence-electron chi connectivity index (χ2n) is 5.00. The molecule has 6 nitrogen and oxygen atoms in total. The van der Waals surface area contributed by atoms with Gasteiger partial charge in [0.05, 0.1) is 12.1 Å². The van der Waals surface area contributed by atoms with E-state index in [2.05, 4.69) is 15.5 Å². The number of hydrogen-bond donors (Lipinski definition) is 1. The minimum Gasteiger partial charge on any atom is -0.398 e. The molecule has 2 aromatic rings. The Bertz CT molecular complexity index is 615. The first-order valence-electron chi connectivity index (χ1n) is 6.55. The van der Waals surface area contributed by atoms with Gasteiger partial charge in [-0.25, -0.2) is 9.07 Å². The third kappa shape index (κ3) is 2.24. The molecule has 0 radical (unpaired) electrons. The molecule has 7 heteroatoms. The number of anilines is 1. The fraction of sp³-hybridized carbons (Fsp3) is 0.462. The van der Waals surface area contributed by atoms with Crippen LogP contribution < -0.4 is 5.73 Å². The highest BCUT2D eigenvalue weighted by atomic mass is 19.1. The summed E-state index contributed by atoms with van der Waals surface area (Å²) in [6.07, 6.45) is 2.98. The summed E-state index contributed by atoms with van der Waals surface area (Å²) in [6.45, 7) is 0. The quantitative estimate of drug-likeness (QED) is 0.865. The van der Waals surface area contributed by atoms with E-state index in [4.69, 9.17) is 10.5 Å². The molecular formula is C13H16FN5O. The molecular weight excluding hydrogens is 261 g/mol. The number of nitrogen functional groups attached to an aromatic ring is 1. The van der Waals surface area contributed by atoms with Crippen molar-refractivity contribution in [3.63, 3.8) is 0 Å². The van der Waals surface area contributed by atoms with Crippen LogP contribution in [0.1, 0.15) is 25.3 Å². The first-order valence-corrected chi connectivity index (χ1v) is 6.55. The molecule has 106 valence electrons. The van der Waals surface area contributed by atoms with E-state index >= 15 is 0 Å². The minimum absolute atomic E-state index is 0.160. The van der Waals surface area contributed by atoms with Gasteiger partial charge in [-0.2, -0.15) is 0 Å². The average Bonchev–Trinajstić information content (AvgIpc) is 3.08. The zero-order valence-corrected chi connectivity index (χ0v) is 11.2. The van der Waals surface area contributed by atoms with Crippen molar-refractivity contribution in [1.29, 1.82) is 0 Å². The topological polar surface area (TPSA) is 78.8 Å². The lowest BCUT2D eigenvalue weighted by Crippen LogP contribution is -2.12. The molecule has 0 amide bonds. The monoisotopic (exact) mass is 277 g/mol. The molecule has 1 aromatic heterocycles. The van der Waals surface area contributed by atoms with Crippen molar-refractivity contribution in [2.45, 2.75) is 31.4 Å². The van der Waals surface area contributed by atoms with Gasteiger partial charge in [0.1, 0.15) is 5.82 Å². The zero-order chi connectivity index (χ0) is 14.1. The van der Waals surface area contributed by atoms with Crippen LogP contribution in [0.15, 0.2) is 18.2 Å². The van der Waals surface area contributed by atoms with Gasteiger partial charge in [-0.15, -0.1) is 5.10 Å². The van der Waals surface area contributed by atoms with Crippen molar-refractivity contribution in [2.75, 3.05) is 12.8 Å². The number of tetrazole rings is 1. The van der Waals surface area contributed by atoms with E-state index in [1.807, 2.05) is 0 Å². The number of nitrogens with zero attached hydrogens (tertiary/aromatic N) is 4. The third-order valence-corrected chi connectivity index (χ3v) is 3.79. The molecule has 1 saturated carbocycles. The molecule has 1 aromatic carbocycles.